The Morgan fingerprint density at radius 2 is 1.96 bits per heavy atom. The van der Waals surface area contributed by atoms with Crippen LogP contribution < -0.4 is 4.74 Å². The lowest BCUT2D eigenvalue weighted by atomic mass is 10.1. The predicted molar refractivity (Wildman–Crippen MR) is 98.9 cm³/mol. The van der Waals surface area contributed by atoms with Crippen LogP contribution in [-0.2, 0) is 17.9 Å². The molecule has 2 aromatic heterocycles. The molecule has 1 aromatic carbocycles. The maximum absolute atomic E-state index is 12.6. The molecule has 1 amide bonds. The lowest BCUT2D eigenvalue weighted by Gasteiger charge is -2.34. The van der Waals surface area contributed by atoms with Crippen LogP contribution in [0.1, 0.15) is 11.3 Å². The smallest absolute Gasteiger partial charge is 0.237 e. The van der Waals surface area contributed by atoms with Gasteiger partial charge in [0.2, 0.25) is 5.91 Å². The minimum atomic E-state index is 0.159. The fourth-order valence-corrected chi connectivity index (χ4v) is 3.41. The van der Waals surface area contributed by atoms with Crippen LogP contribution >= 0.6 is 0 Å². The second-order valence-corrected chi connectivity index (χ2v) is 6.56. The van der Waals surface area contributed by atoms with Crippen LogP contribution in [0.15, 0.2) is 54.7 Å². The summed E-state index contributed by atoms with van der Waals surface area (Å²) in [6.45, 7) is 3.36. The number of fused-ring (bicyclic) bond motifs is 1. The molecule has 1 aliphatic heterocycles. The number of benzene rings is 1. The quantitative estimate of drug-likeness (QED) is 0.708. The Bertz CT molecular complexity index is 921. The number of aromatic nitrogens is 2. The molecule has 3 heterocycles. The maximum atomic E-state index is 12.6. The average Bonchev–Trinajstić information content (AvgIpc) is 3.14. The Labute approximate surface area is 152 Å². The highest BCUT2D eigenvalue weighted by Crippen LogP contribution is 2.17. The molecule has 1 saturated heterocycles. The number of ether oxygens (including phenoxy) is 1. The summed E-state index contributed by atoms with van der Waals surface area (Å²) < 4.78 is 7.20. The topological polar surface area (TPSA) is 50.1 Å². The van der Waals surface area contributed by atoms with Gasteiger partial charge in [-0.1, -0.05) is 18.2 Å². The first kappa shape index (κ1) is 16.6. The average molecular weight is 350 g/mol. The third kappa shape index (κ3) is 3.41. The van der Waals surface area contributed by atoms with Crippen molar-refractivity contribution in [3.63, 3.8) is 0 Å². The van der Waals surface area contributed by atoms with Gasteiger partial charge in [-0.3, -0.25) is 9.69 Å². The molecule has 1 aliphatic rings. The summed E-state index contributed by atoms with van der Waals surface area (Å²) in [7, 11) is 1.66. The summed E-state index contributed by atoms with van der Waals surface area (Å²) in [5, 5.41) is 4.37. The third-order valence-electron chi connectivity index (χ3n) is 4.79. The van der Waals surface area contributed by atoms with Gasteiger partial charge in [0.1, 0.15) is 5.75 Å². The molecule has 6 nitrogen and oxygen atoms in total. The van der Waals surface area contributed by atoms with Crippen molar-refractivity contribution in [3.8, 4) is 5.75 Å². The van der Waals surface area contributed by atoms with Crippen LogP contribution in [-0.4, -0.2) is 52.1 Å². The molecule has 0 bridgehead atoms. The van der Waals surface area contributed by atoms with Gasteiger partial charge in [0.15, 0.2) is 0 Å². The zero-order valence-corrected chi connectivity index (χ0v) is 14.8. The van der Waals surface area contributed by atoms with E-state index in [1.807, 2.05) is 51.9 Å². The third-order valence-corrected chi connectivity index (χ3v) is 4.79. The van der Waals surface area contributed by atoms with E-state index >= 15 is 0 Å². The van der Waals surface area contributed by atoms with Crippen LogP contribution in [0.5, 0.6) is 5.75 Å². The Balaban J connectivity index is 1.40. The molecule has 0 spiro atoms. The van der Waals surface area contributed by atoms with Gasteiger partial charge in [-0.15, -0.1) is 0 Å². The normalized spacial score (nSPS) is 15.6. The number of nitrogens with zero attached hydrogens (tertiary/aromatic N) is 4. The van der Waals surface area contributed by atoms with Gasteiger partial charge in [0.25, 0.3) is 0 Å². The molecule has 26 heavy (non-hydrogen) atoms. The number of carbonyl (C=O) groups excluding carboxylic acids is 1. The number of pyridine rings is 1. The van der Waals surface area contributed by atoms with Gasteiger partial charge in [-0.25, -0.2) is 4.52 Å². The second-order valence-electron chi connectivity index (χ2n) is 6.56. The van der Waals surface area contributed by atoms with Crippen molar-refractivity contribution in [1.82, 2.24) is 19.4 Å². The van der Waals surface area contributed by atoms with Crippen molar-refractivity contribution in [3.05, 3.63) is 66.0 Å². The molecule has 0 aliphatic carbocycles. The van der Waals surface area contributed by atoms with E-state index in [1.165, 1.54) is 0 Å². The van der Waals surface area contributed by atoms with E-state index in [0.717, 1.165) is 42.2 Å². The summed E-state index contributed by atoms with van der Waals surface area (Å²) in [4.78, 5) is 16.7. The first-order valence-corrected chi connectivity index (χ1v) is 8.77. The fourth-order valence-electron chi connectivity index (χ4n) is 3.41. The monoisotopic (exact) mass is 350 g/mol. The van der Waals surface area contributed by atoms with E-state index < -0.39 is 0 Å². The van der Waals surface area contributed by atoms with Crippen LogP contribution in [0, 0.1) is 0 Å². The minimum Gasteiger partial charge on any atom is -0.497 e. The van der Waals surface area contributed by atoms with Gasteiger partial charge < -0.3 is 9.64 Å². The van der Waals surface area contributed by atoms with Gasteiger partial charge in [0.05, 0.1) is 24.9 Å². The van der Waals surface area contributed by atoms with Crippen molar-refractivity contribution in [1.29, 1.82) is 0 Å². The van der Waals surface area contributed by atoms with Gasteiger partial charge in [0, 0.05) is 32.4 Å². The Morgan fingerprint density at radius 1 is 1.08 bits per heavy atom. The minimum absolute atomic E-state index is 0.159. The van der Waals surface area contributed by atoms with Crippen molar-refractivity contribution in [2.45, 2.75) is 13.1 Å². The highest BCUT2D eigenvalue weighted by atomic mass is 16.5. The molecule has 3 aromatic rings. The molecule has 1 fully saturated rings. The zero-order chi connectivity index (χ0) is 17.9. The number of methoxy groups -OCH3 is 1. The second kappa shape index (κ2) is 7.17. The van der Waals surface area contributed by atoms with Crippen LogP contribution in [0.4, 0.5) is 0 Å². The van der Waals surface area contributed by atoms with E-state index in [1.54, 1.807) is 13.3 Å². The summed E-state index contributed by atoms with van der Waals surface area (Å²) in [6, 6.07) is 16.0. The first-order valence-electron chi connectivity index (χ1n) is 8.77. The molecule has 0 unspecified atom stereocenters. The van der Waals surface area contributed by atoms with Crippen molar-refractivity contribution < 1.29 is 9.53 Å². The van der Waals surface area contributed by atoms with E-state index in [2.05, 4.69) is 16.1 Å². The number of hydrogen-bond acceptors (Lipinski definition) is 4. The summed E-state index contributed by atoms with van der Waals surface area (Å²) in [6.07, 6.45) is 1.80. The Hall–Kier alpha value is -2.86. The summed E-state index contributed by atoms with van der Waals surface area (Å²) in [5.74, 6) is 0.979. The maximum Gasteiger partial charge on any atom is 0.237 e. The molecule has 134 valence electrons. The fraction of sp³-hybridized carbons (Fsp3) is 0.300. The van der Waals surface area contributed by atoms with E-state index in [4.69, 9.17) is 4.74 Å². The number of hydrogen-bond donors (Lipinski definition) is 0. The number of amides is 1. The zero-order valence-electron chi connectivity index (χ0n) is 14.8. The standard InChI is InChI=1S/C20H22N4O2/c1-26-19-7-2-4-16(12-19)13-23-11-10-22(15-20(23)25)14-18-6-3-5-17-8-9-21-24(17)18/h2-9,12H,10-11,13-15H2,1H3. The Kier molecular flexibility index (Phi) is 4.58. The SMILES string of the molecule is COc1cccc(CN2CCN(Cc3cccc4ccnn34)CC2=O)c1. The van der Waals surface area contributed by atoms with Crippen molar-refractivity contribution in [2.24, 2.45) is 0 Å². The molecule has 6 heteroatoms. The molecule has 4 rings (SSSR count). The number of piperazine rings is 1. The lowest BCUT2D eigenvalue weighted by Crippen LogP contribution is -2.49. The first-order chi connectivity index (χ1) is 12.7. The van der Waals surface area contributed by atoms with Gasteiger partial charge in [-0.2, -0.15) is 5.10 Å². The largest absolute Gasteiger partial charge is 0.497 e. The van der Waals surface area contributed by atoms with Crippen molar-refractivity contribution >= 4 is 11.4 Å². The molecule has 0 atom stereocenters. The molecule has 0 saturated carbocycles. The molecular weight excluding hydrogens is 328 g/mol. The highest BCUT2D eigenvalue weighted by Gasteiger charge is 2.24. The Morgan fingerprint density at radius 3 is 2.81 bits per heavy atom. The highest BCUT2D eigenvalue weighted by molar-refractivity contribution is 5.79. The van der Waals surface area contributed by atoms with Gasteiger partial charge >= 0.3 is 0 Å². The van der Waals surface area contributed by atoms with Crippen molar-refractivity contribution in [2.75, 3.05) is 26.7 Å². The molecule has 0 N–H and O–H groups in total. The number of rotatable bonds is 5. The van der Waals surface area contributed by atoms with E-state index in [0.29, 0.717) is 13.1 Å². The van der Waals surface area contributed by atoms with Crippen LogP contribution in [0.25, 0.3) is 5.52 Å². The molecular formula is C20H22N4O2. The van der Waals surface area contributed by atoms with Crippen LogP contribution in [0.3, 0.4) is 0 Å². The van der Waals surface area contributed by atoms with E-state index in [9.17, 15) is 4.79 Å². The number of carbonyl (C=O) groups is 1. The lowest BCUT2D eigenvalue weighted by molar-refractivity contribution is -0.136. The molecule has 0 radical (unpaired) electrons. The predicted octanol–water partition coefficient (Wildman–Crippen LogP) is 2.19. The van der Waals surface area contributed by atoms with E-state index in [-0.39, 0.29) is 5.91 Å². The van der Waals surface area contributed by atoms with Crippen LogP contribution in [0.2, 0.25) is 0 Å². The van der Waals surface area contributed by atoms with Gasteiger partial charge in [-0.05, 0) is 35.9 Å². The summed E-state index contributed by atoms with van der Waals surface area (Å²) >= 11 is 0. The summed E-state index contributed by atoms with van der Waals surface area (Å²) in [5.41, 5.74) is 3.26.